The van der Waals surface area contributed by atoms with Gasteiger partial charge in [-0.1, -0.05) is 0 Å². The van der Waals surface area contributed by atoms with E-state index in [1.165, 1.54) is 29.7 Å². The number of aryl methyl sites for hydroxylation is 2. The first-order chi connectivity index (χ1) is 7.83. The lowest BCUT2D eigenvalue weighted by molar-refractivity contribution is 0.830. The van der Waals surface area contributed by atoms with Gasteiger partial charge in [0.15, 0.2) is 0 Å². The van der Waals surface area contributed by atoms with Gasteiger partial charge in [0.05, 0.1) is 0 Å². The molecule has 1 aliphatic rings. The fourth-order valence-electron chi connectivity index (χ4n) is 2.09. The maximum absolute atomic E-state index is 4.53. The van der Waals surface area contributed by atoms with Gasteiger partial charge in [-0.3, -0.25) is 0 Å². The van der Waals surface area contributed by atoms with Gasteiger partial charge in [0, 0.05) is 28.9 Å². The molecule has 1 aromatic carbocycles. The predicted octanol–water partition coefficient (Wildman–Crippen LogP) is 3.48. The molecular weight excluding hydrogens is 216 g/mol. The molecule has 2 heterocycles. The topological polar surface area (TPSA) is 24.9 Å². The molecule has 0 saturated heterocycles. The average molecular weight is 230 g/mol. The van der Waals surface area contributed by atoms with Crippen molar-refractivity contribution >= 4 is 17.0 Å². The van der Waals surface area contributed by atoms with E-state index in [2.05, 4.69) is 33.9 Å². The van der Waals surface area contributed by atoms with E-state index in [0.29, 0.717) is 0 Å². The predicted molar refractivity (Wildman–Crippen MR) is 69.1 cm³/mol. The molecular formula is C13H14N2S. The molecule has 0 fully saturated rings. The number of fused-ring (bicyclic) bond motifs is 1. The zero-order chi connectivity index (χ0) is 11.0. The summed E-state index contributed by atoms with van der Waals surface area (Å²) in [6.07, 6.45) is 2.41. The monoisotopic (exact) mass is 230 g/mol. The molecule has 1 N–H and O–H groups in total. The molecule has 82 valence electrons. The molecule has 0 saturated carbocycles. The van der Waals surface area contributed by atoms with Gasteiger partial charge in [-0.05, 0) is 43.5 Å². The first-order valence-corrected chi connectivity index (χ1v) is 6.50. The molecule has 0 aliphatic carbocycles. The Labute approximate surface area is 99.4 Å². The Kier molecular flexibility index (Phi) is 2.40. The van der Waals surface area contributed by atoms with Gasteiger partial charge in [0.2, 0.25) is 0 Å². The zero-order valence-electron chi connectivity index (χ0n) is 9.29. The maximum atomic E-state index is 4.53. The molecule has 0 radical (unpaired) electrons. The Bertz CT molecular complexity index is 516. The van der Waals surface area contributed by atoms with Gasteiger partial charge < -0.3 is 5.32 Å². The number of anilines is 1. The molecule has 2 nitrogen and oxygen atoms in total. The van der Waals surface area contributed by atoms with Crippen LogP contribution in [-0.2, 0) is 6.42 Å². The van der Waals surface area contributed by atoms with Crippen molar-refractivity contribution in [3.63, 3.8) is 0 Å². The van der Waals surface area contributed by atoms with Crippen molar-refractivity contribution in [3.8, 4) is 10.6 Å². The molecule has 1 aliphatic heterocycles. The number of hydrogen-bond acceptors (Lipinski definition) is 3. The van der Waals surface area contributed by atoms with Crippen LogP contribution in [0.15, 0.2) is 23.6 Å². The van der Waals surface area contributed by atoms with Gasteiger partial charge in [-0.25, -0.2) is 4.98 Å². The molecule has 3 heteroatoms. The fourth-order valence-corrected chi connectivity index (χ4v) is 2.89. The Hall–Kier alpha value is -1.35. The van der Waals surface area contributed by atoms with Gasteiger partial charge in [0.25, 0.3) is 0 Å². The van der Waals surface area contributed by atoms with Gasteiger partial charge in [0.1, 0.15) is 5.01 Å². The molecule has 1 aromatic heterocycles. The highest BCUT2D eigenvalue weighted by molar-refractivity contribution is 7.13. The summed E-state index contributed by atoms with van der Waals surface area (Å²) in [6.45, 7) is 3.14. The smallest absolute Gasteiger partial charge is 0.123 e. The minimum absolute atomic E-state index is 1.10. The van der Waals surface area contributed by atoms with Crippen LogP contribution >= 0.6 is 11.3 Å². The number of nitrogens with one attached hydrogen (secondary N) is 1. The summed E-state index contributed by atoms with van der Waals surface area (Å²) in [5.74, 6) is 0. The first-order valence-electron chi connectivity index (χ1n) is 5.62. The van der Waals surface area contributed by atoms with Crippen LogP contribution in [0.2, 0.25) is 0 Å². The normalized spacial score (nSPS) is 14.3. The van der Waals surface area contributed by atoms with Crippen LogP contribution in [0, 0.1) is 6.92 Å². The molecule has 0 unspecified atom stereocenters. The van der Waals surface area contributed by atoms with Crippen LogP contribution in [0.4, 0.5) is 5.69 Å². The first kappa shape index (κ1) is 9.85. The third kappa shape index (κ3) is 1.71. The van der Waals surface area contributed by atoms with Crippen LogP contribution in [0.3, 0.4) is 0 Å². The van der Waals surface area contributed by atoms with Crippen LogP contribution in [0.1, 0.15) is 17.7 Å². The lowest BCUT2D eigenvalue weighted by Gasteiger charge is -2.18. The van der Waals surface area contributed by atoms with Crippen molar-refractivity contribution in [3.05, 3.63) is 34.8 Å². The minimum atomic E-state index is 1.10. The highest BCUT2D eigenvalue weighted by Crippen LogP contribution is 2.29. The number of aromatic nitrogens is 1. The number of rotatable bonds is 1. The minimum Gasteiger partial charge on any atom is -0.385 e. The van der Waals surface area contributed by atoms with Crippen molar-refractivity contribution in [2.45, 2.75) is 19.8 Å². The van der Waals surface area contributed by atoms with Crippen LogP contribution in [0.5, 0.6) is 0 Å². The van der Waals surface area contributed by atoms with Crippen LogP contribution in [-0.4, -0.2) is 11.5 Å². The molecule has 0 amide bonds. The van der Waals surface area contributed by atoms with Crippen molar-refractivity contribution in [1.82, 2.24) is 4.98 Å². The highest BCUT2D eigenvalue weighted by Gasteiger charge is 2.10. The van der Waals surface area contributed by atoms with Crippen molar-refractivity contribution in [2.24, 2.45) is 0 Å². The van der Waals surface area contributed by atoms with E-state index >= 15 is 0 Å². The van der Waals surface area contributed by atoms with Gasteiger partial charge in [-0.2, -0.15) is 0 Å². The number of nitrogens with zero attached hydrogens (tertiary/aromatic N) is 1. The summed E-state index contributed by atoms with van der Waals surface area (Å²) < 4.78 is 0. The van der Waals surface area contributed by atoms with E-state index in [4.69, 9.17) is 0 Å². The van der Waals surface area contributed by atoms with E-state index in [0.717, 1.165) is 17.2 Å². The molecule has 16 heavy (non-hydrogen) atoms. The summed E-state index contributed by atoms with van der Waals surface area (Å²) in [4.78, 5) is 4.53. The largest absolute Gasteiger partial charge is 0.385 e. The summed E-state index contributed by atoms with van der Waals surface area (Å²) in [7, 11) is 0. The molecule has 0 atom stereocenters. The maximum Gasteiger partial charge on any atom is 0.123 e. The molecule has 0 spiro atoms. The van der Waals surface area contributed by atoms with E-state index in [1.807, 2.05) is 6.92 Å². The lowest BCUT2D eigenvalue weighted by Crippen LogP contribution is -2.11. The van der Waals surface area contributed by atoms with Gasteiger partial charge in [-0.15, -0.1) is 11.3 Å². The lowest BCUT2D eigenvalue weighted by atomic mass is 10.0. The van der Waals surface area contributed by atoms with Crippen molar-refractivity contribution < 1.29 is 0 Å². The number of thiazole rings is 1. The quantitative estimate of drug-likeness (QED) is 0.811. The second kappa shape index (κ2) is 3.91. The van der Waals surface area contributed by atoms with E-state index in [-0.39, 0.29) is 0 Å². The second-order valence-corrected chi connectivity index (χ2v) is 5.05. The molecule has 2 aromatic rings. The summed E-state index contributed by atoms with van der Waals surface area (Å²) in [6, 6.07) is 6.62. The summed E-state index contributed by atoms with van der Waals surface area (Å²) in [5, 5.41) is 6.66. The third-order valence-electron chi connectivity index (χ3n) is 2.91. The van der Waals surface area contributed by atoms with Crippen molar-refractivity contribution in [1.29, 1.82) is 0 Å². The van der Waals surface area contributed by atoms with E-state index in [1.54, 1.807) is 11.3 Å². The van der Waals surface area contributed by atoms with E-state index in [9.17, 15) is 0 Å². The van der Waals surface area contributed by atoms with Crippen LogP contribution < -0.4 is 5.32 Å². The Balaban J connectivity index is 2.02. The summed E-state index contributed by atoms with van der Waals surface area (Å²) >= 11 is 1.72. The third-order valence-corrected chi connectivity index (χ3v) is 3.92. The Morgan fingerprint density at radius 2 is 2.31 bits per heavy atom. The van der Waals surface area contributed by atoms with Crippen molar-refractivity contribution in [2.75, 3.05) is 11.9 Å². The standard InChI is InChI=1S/C13H14N2S/c1-9-8-16-13(15-9)11-4-5-12-10(7-11)3-2-6-14-12/h4-5,7-8,14H,2-3,6H2,1H3. The summed E-state index contributed by atoms with van der Waals surface area (Å²) in [5.41, 5.74) is 5.08. The zero-order valence-corrected chi connectivity index (χ0v) is 10.1. The molecule has 0 bridgehead atoms. The van der Waals surface area contributed by atoms with Crippen LogP contribution in [0.25, 0.3) is 10.6 Å². The highest BCUT2D eigenvalue weighted by atomic mass is 32.1. The second-order valence-electron chi connectivity index (χ2n) is 4.20. The Morgan fingerprint density at radius 3 is 3.12 bits per heavy atom. The Morgan fingerprint density at radius 1 is 1.38 bits per heavy atom. The number of benzene rings is 1. The molecule has 3 rings (SSSR count). The van der Waals surface area contributed by atoms with E-state index < -0.39 is 0 Å². The average Bonchev–Trinajstić information content (AvgIpc) is 2.75. The SMILES string of the molecule is Cc1csc(-c2ccc3c(c2)CCCN3)n1. The fraction of sp³-hybridized carbons (Fsp3) is 0.308. The number of hydrogen-bond donors (Lipinski definition) is 1. The van der Waals surface area contributed by atoms with Gasteiger partial charge >= 0.3 is 0 Å².